The molecule has 1 saturated heterocycles. The van der Waals surface area contributed by atoms with Crippen molar-refractivity contribution in [2.45, 2.75) is 76.9 Å². The normalized spacial score (nSPS) is 33.4. The molecule has 6 atom stereocenters. The summed E-state index contributed by atoms with van der Waals surface area (Å²) >= 11 is 0. The fraction of sp³-hybridized carbons (Fsp3) is 0.643. The predicted octanol–water partition coefficient (Wildman–Crippen LogP) is -1.26. The van der Waals surface area contributed by atoms with Crippen molar-refractivity contribution in [3.05, 3.63) is 23.3 Å². The molecule has 1 spiro atoms. The van der Waals surface area contributed by atoms with Gasteiger partial charge in [-0.05, 0) is 62.7 Å². The molecule has 2 bridgehead atoms. The zero-order chi connectivity index (χ0) is 26.7. The number of Topliss-reactive ketones (excluding diaryl/α,β-unsaturated/α-hetero) is 1. The first-order valence-corrected chi connectivity index (χ1v) is 13.4. The second-order valence-corrected chi connectivity index (χ2v) is 11.1. The second-order valence-electron chi connectivity index (χ2n) is 11.1. The Balaban J connectivity index is 0.000000187. The Morgan fingerprint density at radius 1 is 1.29 bits per heavy atom. The molecule has 3 aliphatic heterocycles. The maximum atomic E-state index is 12.6. The molecule has 200 valence electrons. The fourth-order valence-corrected chi connectivity index (χ4v) is 7.64. The minimum atomic E-state index is -1.15. The molecule has 2 fully saturated rings. The fourth-order valence-electron chi connectivity index (χ4n) is 7.64. The van der Waals surface area contributed by atoms with Gasteiger partial charge in [0.25, 0.3) is 5.91 Å². The molecule has 9 nitrogen and oxygen atoms in total. The van der Waals surface area contributed by atoms with Crippen LogP contribution in [0.4, 0.5) is 0 Å². The molecular weight excluding hydrogens is 497 g/mol. The van der Waals surface area contributed by atoms with Gasteiger partial charge in [-0.2, -0.15) is 0 Å². The number of hydrogen-bond acceptors (Lipinski definition) is 7. The summed E-state index contributed by atoms with van der Waals surface area (Å²) in [6.07, 6.45) is 4.53. The quantitative estimate of drug-likeness (QED) is 0.379. The van der Waals surface area contributed by atoms with Crippen LogP contribution in [0.1, 0.15) is 64.0 Å². The van der Waals surface area contributed by atoms with Gasteiger partial charge in [-0.15, -0.1) is 0 Å². The number of methoxy groups -OCH3 is 1. The average molecular weight is 534 g/mol. The standard InChI is InChI=1S/C18H21NO3.C10H16N2O3.Na/c1-19-8-7-18-11-4-5-13(20)17(18)22-16-14(21-2)6-3-10(15(16)18)9-12(11)19;1-4-6(3)10(5-2)7(13)11-9(15)12-8(10)14;/h3,6,11-12,17H,4-5,7-9H2,1-2H3;6H,4-5H2,1-3H3,(H2,11,12,13,14,15);/q;;+1/p-1/t11-,12+,17-,18-;;/m0../s1. The van der Waals surface area contributed by atoms with Gasteiger partial charge in [0, 0.05) is 23.4 Å². The monoisotopic (exact) mass is 533 g/mol. The molecule has 3 heterocycles. The van der Waals surface area contributed by atoms with E-state index in [0.29, 0.717) is 31.2 Å². The van der Waals surface area contributed by atoms with E-state index in [9.17, 15) is 19.5 Å². The molecule has 5 aliphatic rings. The molecule has 1 aromatic rings. The molecule has 2 unspecified atom stereocenters. The van der Waals surface area contributed by atoms with E-state index in [1.54, 1.807) is 14.0 Å². The average Bonchev–Trinajstić information content (AvgIpc) is 3.23. The van der Waals surface area contributed by atoms with E-state index in [0.717, 1.165) is 37.3 Å². The van der Waals surface area contributed by atoms with Gasteiger partial charge in [0.2, 0.25) is 5.91 Å². The van der Waals surface area contributed by atoms with Crippen LogP contribution in [0.25, 0.3) is 0 Å². The van der Waals surface area contributed by atoms with Crippen molar-refractivity contribution in [2.75, 3.05) is 20.7 Å². The molecule has 1 N–H and O–H groups in total. The summed E-state index contributed by atoms with van der Waals surface area (Å²) < 4.78 is 11.8. The van der Waals surface area contributed by atoms with Gasteiger partial charge in [-0.3, -0.25) is 14.4 Å². The number of ketones is 1. The molecular formula is C28H36N3NaO6. The van der Waals surface area contributed by atoms with E-state index in [1.807, 2.05) is 19.9 Å². The van der Waals surface area contributed by atoms with Crippen molar-refractivity contribution < 1.29 is 58.5 Å². The van der Waals surface area contributed by atoms with Gasteiger partial charge >= 0.3 is 29.6 Å². The number of amidine groups is 1. The maximum absolute atomic E-state index is 12.6. The number of nitrogens with zero attached hydrogens (tertiary/aromatic N) is 2. The summed E-state index contributed by atoms with van der Waals surface area (Å²) in [7, 11) is 3.91. The maximum Gasteiger partial charge on any atom is 1.00 e. The third-order valence-electron chi connectivity index (χ3n) is 9.81. The van der Waals surface area contributed by atoms with Crippen LogP contribution in [0.2, 0.25) is 0 Å². The first-order chi connectivity index (χ1) is 17.6. The topological polar surface area (TPSA) is 120 Å². The number of amides is 2. The van der Waals surface area contributed by atoms with Crippen LogP contribution in [0, 0.1) is 17.3 Å². The number of hydrogen-bond donors (Lipinski definition) is 1. The van der Waals surface area contributed by atoms with Gasteiger partial charge in [0.05, 0.1) is 13.1 Å². The molecule has 2 aliphatic carbocycles. The van der Waals surface area contributed by atoms with Crippen LogP contribution < -0.4 is 49.5 Å². The van der Waals surface area contributed by atoms with Crippen molar-refractivity contribution in [2.24, 2.45) is 22.2 Å². The third-order valence-corrected chi connectivity index (χ3v) is 9.81. The van der Waals surface area contributed by atoms with Crippen LogP contribution in [0.5, 0.6) is 11.5 Å². The predicted molar refractivity (Wildman–Crippen MR) is 134 cm³/mol. The molecule has 1 saturated carbocycles. The molecule has 1 aromatic carbocycles. The van der Waals surface area contributed by atoms with Crippen LogP contribution in [0.3, 0.4) is 0 Å². The number of piperidine rings is 1. The zero-order valence-corrected chi connectivity index (χ0v) is 25.3. The van der Waals surface area contributed by atoms with E-state index < -0.39 is 23.3 Å². The van der Waals surface area contributed by atoms with E-state index >= 15 is 0 Å². The van der Waals surface area contributed by atoms with E-state index in [-0.39, 0.29) is 52.8 Å². The Hall–Kier alpha value is -1.94. The third kappa shape index (κ3) is 3.95. The molecule has 10 heteroatoms. The van der Waals surface area contributed by atoms with Crippen LogP contribution in [0.15, 0.2) is 17.1 Å². The second kappa shape index (κ2) is 10.6. The molecule has 0 aromatic heterocycles. The Morgan fingerprint density at radius 2 is 2.03 bits per heavy atom. The van der Waals surface area contributed by atoms with Gasteiger partial charge in [0.15, 0.2) is 23.4 Å². The van der Waals surface area contributed by atoms with Gasteiger partial charge in [0.1, 0.15) is 5.41 Å². The Morgan fingerprint density at radius 3 is 2.66 bits per heavy atom. The number of nitrogens with one attached hydrogen (secondary N) is 1. The van der Waals surface area contributed by atoms with Gasteiger partial charge < -0.3 is 24.8 Å². The zero-order valence-electron chi connectivity index (χ0n) is 23.3. The summed E-state index contributed by atoms with van der Waals surface area (Å²) in [5.41, 5.74) is 1.42. The number of rotatable bonds is 4. The Bertz CT molecular complexity index is 1190. The van der Waals surface area contributed by atoms with Crippen molar-refractivity contribution in [1.82, 2.24) is 10.2 Å². The first-order valence-electron chi connectivity index (χ1n) is 13.4. The minimum Gasteiger partial charge on any atom is -0.846 e. The molecule has 2 amide bonds. The van der Waals surface area contributed by atoms with Crippen LogP contribution >= 0.6 is 0 Å². The van der Waals surface area contributed by atoms with E-state index in [1.165, 1.54) is 11.1 Å². The minimum absolute atomic E-state index is 0. The first kappa shape index (κ1) is 29.1. The molecule has 6 rings (SSSR count). The van der Waals surface area contributed by atoms with Crippen molar-refractivity contribution in [1.29, 1.82) is 0 Å². The van der Waals surface area contributed by atoms with Crippen LogP contribution in [-0.2, 0) is 26.2 Å². The number of likely N-dealkylation sites (tertiary alicyclic amines) is 1. The Labute approximate surface area is 246 Å². The number of benzene rings is 1. The largest absolute Gasteiger partial charge is 1.00 e. The smallest absolute Gasteiger partial charge is 0.846 e. The van der Waals surface area contributed by atoms with Crippen LogP contribution in [-0.4, -0.2) is 61.4 Å². The van der Waals surface area contributed by atoms with Gasteiger partial charge in [-0.1, -0.05) is 33.3 Å². The van der Waals surface area contributed by atoms with Crippen molar-refractivity contribution in [3.63, 3.8) is 0 Å². The number of ether oxygens (including phenoxy) is 2. The molecule has 0 radical (unpaired) electrons. The number of aliphatic imine (C=N–C) groups is 1. The summed E-state index contributed by atoms with van der Waals surface area (Å²) in [6.45, 7) is 6.53. The number of carbonyl (C=O) groups excluding carboxylic acids is 3. The number of carbonyl (C=O) groups is 3. The summed E-state index contributed by atoms with van der Waals surface area (Å²) in [6, 6.07) is 3.88. The van der Waals surface area contributed by atoms with E-state index in [2.05, 4.69) is 28.3 Å². The van der Waals surface area contributed by atoms with Gasteiger partial charge in [-0.25, -0.2) is 4.99 Å². The van der Waals surface area contributed by atoms with E-state index in [4.69, 9.17) is 9.47 Å². The summed E-state index contributed by atoms with van der Waals surface area (Å²) in [5.74, 6) is 1.23. The summed E-state index contributed by atoms with van der Waals surface area (Å²) in [4.78, 5) is 41.9. The van der Waals surface area contributed by atoms with Crippen molar-refractivity contribution >= 4 is 23.6 Å². The SMILES string of the molecule is CCC(C)C1(CC)C(=O)N=C([O-])NC1=O.COc1ccc2c3c1O[C@H]1C(=O)CC[C@H]4[C@@H](C2)N(C)CC[C@]314.[Na+]. The summed E-state index contributed by atoms with van der Waals surface area (Å²) in [5, 5.41) is 13.0. The number of likely N-dealkylation sites (N-methyl/N-ethyl adjacent to an activating group) is 1. The Kier molecular flexibility index (Phi) is 8.07. The molecule has 38 heavy (non-hydrogen) atoms. The van der Waals surface area contributed by atoms with Crippen molar-refractivity contribution in [3.8, 4) is 11.5 Å².